The van der Waals surface area contributed by atoms with Crippen LogP contribution in [0.25, 0.3) is 11.3 Å². The Kier molecular flexibility index (Phi) is 9.69. The van der Waals surface area contributed by atoms with Gasteiger partial charge in [0.25, 0.3) is 17.7 Å². The van der Waals surface area contributed by atoms with Crippen molar-refractivity contribution in [2.45, 2.75) is 50.0 Å². The molecule has 1 saturated heterocycles. The van der Waals surface area contributed by atoms with Crippen molar-refractivity contribution in [3.05, 3.63) is 52.7 Å². The van der Waals surface area contributed by atoms with Crippen molar-refractivity contribution in [2.75, 3.05) is 31.5 Å². The average molecular weight is 721 g/mol. The van der Waals surface area contributed by atoms with Crippen LogP contribution >= 0.6 is 24.0 Å². The summed E-state index contributed by atoms with van der Waals surface area (Å²) in [6.07, 6.45) is -1.74. The number of benzene rings is 1. The van der Waals surface area contributed by atoms with Gasteiger partial charge in [-0.1, -0.05) is 11.6 Å². The first-order valence-corrected chi connectivity index (χ1v) is 15.2. The van der Waals surface area contributed by atoms with Crippen LogP contribution < -0.4 is 16.4 Å². The van der Waals surface area contributed by atoms with E-state index in [-0.39, 0.29) is 70.8 Å². The second-order valence-electron chi connectivity index (χ2n) is 12.1. The standard InChI is InChI=1S/C29H31ClF5N9O3.ClH/c1-41-22(20-14-44(13-15-11-28(15,31)32)40-23(20)29(33,34)35)12-37-24(41)25(45)38-17-2-3-19(21(30)10-17)26(46)42-4-6-43(7-5-42)27(47)39-18-8-16(36)9-18;/h2-3,10,12,14-16,18H,4-9,11,13,36H2,1H3,(H,38,45)(H,39,47);1H/t15?,16-,18+;. The van der Waals surface area contributed by atoms with Gasteiger partial charge in [0.1, 0.15) is 0 Å². The van der Waals surface area contributed by atoms with Crippen LogP contribution in [-0.2, 0) is 19.8 Å². The maximum absolute atomic E-state index is 13.8. The average Bonchev–Trinajstić information content (AvgIpc) is 3.27. The monoisotopic (exact) mass is 719 g/mol. The van der Waals surface area contributed by atoms with Crippen molar-refractivity contribution in [3.8, 4) is 11.3 Å². The molecule has 1 aliphatic heterocycles. The van der Waals surface area contributed by atoms with Crippen molar-refractivity contribution >= 4 is 47.5 Å². The smallest absolute Gasteiger partial charge is 0.335 e. The topological polar surface area (TPSA) is 143 Å². The Morgan fingerprint density at radius 2 is 1.75 bits per heavy atom. The number of halogens is 7. The number of nitrogens with one attached hydrogen (secondary N) is 2. The van der Waals surface area contributed by atoms with Gasteiger partial charge in [0, 0.05) is 76.1 Å². The largest absolute Gasteiger partial charge is 0.435 e. The number of imidazole rings is 1. The lowest BCUT2D eigenvalue weighted by molar-refractivity contribution is -0.141. The summed E-state index contributed by atoms with van der Waals surface area (Å²) in [4.78, 5) is 45.9. The number of piperazine rings is 1. The lowest BCUT2D eigenvalue weighted by Gasteiger charge is -2.38. The molecule has 48 heavy (non-hydrogen) atoms. The highest BCUT2D eigenvalue weighted by Gasteiger charge is 2.57. The Morgan fingerprint density at radius 1 is 1.10 bits per heavy atom. The van der Waals surface area contributed by atoms with E-state index in [0.29, 0.717) is 26.2 Å². The van der Waals surface area contributed by atoms with E-state index in [4.69, 9.17) is 17.3 Å². The third-order valence-corrected chi connectivity index (χ3v) is 8.99. The molecule has 2 aromatic heterocycles. The summed E-state index contributed by atoms with van der Waals surface area (Å²) in [6.45, 7) is 0.901. The minimum atomic E-state index is -4.89. The van der Waals surface area contributed by atoms with Crippen LogP contribution in [0.5, 0.6) is 0 Å². The predicted octanol–water partition coefficient (Wildman–Crippen LogP) is 4.24. The summed E-state index contributed by atoms with van der Waals surface area (Å²) < 4.78 is 70.1. The molecule has 4 amide bonds. The van der Waals surface area contributed by atoms with Gasteiger partial charge in [0.2, 0.25) is 0 Å². The van der Waals surface area contributed by atoms with E-state index in [0.717, 1.165) is 34.5 Å². The molecule has 3 aliphatic rings. The van der Waals surface area contributed by atoms with Crippen LogP contribution in [0.15, 0.2) is 30.6 Å². The molecule has 0 spiro atoms. The Bertz CT molecular complexity index is 1720. The van der Waals surface area contributed by atoms with Gasteiger partial charge in [-0.2, -0.15) is 18.3 Å². The first-order valence-electron chi connectivity index (χ1n) is 14.9. The van der Waals surface area contributed by atoms with Crippen LogP contribution in [0.1, 0.15) is 45.9 Å². The first-order chi connectivity index (χ1) is 22.1. The minimum Gasteiger partial charge on any atom is -0.335 e. The second-order valence-corrected chi connectivity index (χ2v) is 12.5. The van der Waals surface area contributed by atoms with Crippen molar-refractivity contribution in [1.82, 2.24) is 34.4 Å². The Balaban J connectivity index is 0.00000451. The number of nitrogens with zero attached hydrogens (tertiary/aromatic N) is 6. The molecule has 2 saturated carbocycles. The molecule has 2 aliphatic carbocycles. The molecular weight excluding hydrogens is 688 g/mol. The number of alkyl halides is 5. The van der Waals surface area contributed by atoms with E-state index in [1.54, 1.807) is 9.80 Å². The fourth-order valence-corrected chi connectivity index (χ4v) is 6.02. The molecule has 260 valence electrons. The Hall–Kier alpha value is -3.96. The molecule has 3 heterocycles. The maximum atomic E-state index is 13.8. The van der Waals surface area contributed by atoms with Crippen molar-refractivity contribution in [3.63, 3.8) is 0 Å². The van der Waals surface area contributed by atoms with Gasteiger partial charge in [-0.15, -0.1) is 12.4 Å². The van der Waals surface area contributed by atoms with Crippen LogP contribution in [0.4, 0.5) is 32.4 Å². The number of hydrogen-bond donors (Lipinski definition) is 3. The zero-order valence-electron chi connectivity index (χ0n) is 25.4. The van der Waals surface area contributed by atoms with Crippen LogP contribution in [-0.4, -0.2) is 91.2 Å². The van der Waals surface area contributed by atoms with Crippen molar-refractivity contribution < 1.29 is 36.3 Å². The van der Waals surface area contributed by atoms with Crippen molar-refractivity contribution in [1.29, 1.82) is 0 Å². The summed E-state index contributed by atoms with van der Waals surface area (Å²) in [6, 6.07) is 4.24. The zero-order valence-corrected chi connectivity index (χ0v) is 27.0. The number of rotatable bonds is 7. The van der Waals surface area contributed by atoms with Crippen LogP contribution in [0.2, 0.25) is 5.02 Å². The van der Waals surface area contributed by atoms with E-state index in [1.807, 2.05) is 0 Å². The normalized spacial score (nSPS) is 21.6. The van der Waals surface area contributed by atoms with Gasteiger partial charge in [0.15, 0.2) is 11.5 Å². The zero-order chi connectivity index (χ0) is 33.8. The summed E-state index contributed by atoms with van der Waals surface area (Å²) in [5, 5.41) is 9.07. The van der Waals surface area contributed by atoms with E-state index < -0.39 is 41.6 Å². The maximum Gasteiger partial charge on any atom is 0.435 e. The van der Waals surface area contributed by atoms with Crippen molar-refractivity contribution in [2.24, 2.45) is 18.7 Å². The molecule has 3 aromatic rings. The number of carbonyl (C=O) groups is 3. The van der Waals surface area contributed by atoms with Gasteiger partial charge < -0.3 is 30.7 Å². The summed E-state index contributed by atoms with van der Waals surface area (Å²) in [7, 11) is 1.34. The van der Waals surface area contributed by atoms with Gasteiger partial charge in [0.05, 0.1) is 28.0 Å². The van der Waals surface area contributed by atoms with Gasteiger partial charge in [-0.3, -0.25) is 14.3 Å². The predicted molar refractivity (Wildman–Crippen MR) is 166 cm³/mol. The summed E-state index contributed by atoms with van der Waals surface area (Å²) in [5.74, 6) is -5.40. The third kappa shape index (κ3) is 7.22. The molecule has 1 aromatic carbocycles. The molecule has 3 fully saturated rings. The van der Waals surface area contributed by atoms with Crippen LogP contribution in [0.3, 0.4) is 0 Å². The molecule has 1 atom stereocenters. The highest BCUT2D eigenvalue weighted by molar-refractivity contribution is 6.34. The number of aromatic nitrogens is 4. The fourth-order valence-electron chi connectivity index (χ4n) is 5.76. The number of anilines is 1. The first kappa shape index (κ1) is 35.3. The second kappa shape index (κ2) is 13.2. The van der Waals surface area contributed by atoms with E-state index in [1.165, 1.54) is 25.2 Å². The minimum absolute atomic E-state index is 0. The molecule has 1 unspecified atom stereocenters. The molecule has 0 radical (unpaired) electrons. The lowest BCUT2D eigenvalue weighted by Crippen LogP contribution is -2.57. The summed E-state index contributed by atoms with van der Waals surface area (Å²) >= 11 is 6.41. The summed E-state index contributed by atoms with van der Waals surface area (Å²) in [5.41, 5.74) is 4.36. The Morgan fingerprint density at radius 3 is 2.33 bits per heavy atom. The molecule has 0 bridgehead atoms. The van der Waals surface area contributed by atoms with E-state index >= 15 is 0 Å². The SMILES string of the molecule is Cl.Cn1c(-c2cn(CC3CC3(F)F)nc2C(F)(F)F)cnc1C(=O)Nc1ccc(C(=O)N2CCN(C(=O)N[C@H]3C[C@@H](N)C3)CC2)c(Cl)c1. The Labute approximate surface area is 282 Å². The van der Waals surface area contributed by atoms with Gasteiger partial charge >= 0.3 is 12.2 Å². The van der Waals surface area contributed by atoms with Gasteiger partial charge in [-0.05, 0) is 31.0 Å². The number of carbonyl (C=O) groups excluding carboxylic acids is 3. The highest BCUT2D eigenvalue weighted by Crippen LogP contribution is 2.49. The third-order valence-electron chi connectivity index (χ3n) is 8.67. The lowest BCUT2D eigenvalue weighted by atomic mass is 9.88. The van der Waals surface area contributed by atoms with E-state index in [2.05, 4.69) is 20.7 Å². The molecule has 6 rings (SSSR count). The molecule has 4 N–H and O–H groups in total. The number of nitrogens with two attached hydrogens (primary N) is 1. The quantitative estimate of drug-likeness (QED) is 0.312. The van der Waals surface area contributed by atoms with Gasteiger partial charge in [-0.25, -0.2) is 18.6 Å². The van der Waals surface area contributed by atoms with Crippen LogP contribution in [0, 0.1) is 5.92 Å². The molecular formula is C29H32Cl2F5N9O3. The highest BCUT2D eigenvalue weighted by atomic mass is 35.5. The molecule has 12 nitrogen and oxygen atoms in total. The number of amides is 4. The van der Waals surface area contributed by atoms with E-state index in [9.17, 15) is 36.3 Å². The fraction of sp³-hybridized carbons (Fsp3) is 0.483. The number of hydrogen-bond acceptors (Lipinski definition) is 6. The number of urea groups is 1. The molecule has 19 heteroatoms.